The molecule has 1 heterocycles. The Balaban J connectivity index is 1.96. The molecule has 2 rings (SSSR count). The van der Waals surface area contributed by atoms with E-state index in [1.807, 2.05) is 6.92 Å². The van der Waals surface area contributed by atoms with E-state index in [9.17, 15) is 9.59 Å². The van der Waals surface area contributed by atoms with Gasteiger partial charge in [-0.25, -0.2) is 14.8 Å². The standard InChI is InChI=1S/C14H21N5O2/c1-9-10-5-3-4-6-11(10)18-12(17-9)7-16-13(20)8-19(2)14(15)21/h3-8H2,1-2H3,(H2,15,21)(H,16,20). The zero-order valence-corrected chi connectivity index (χ0v) is 12.5. The summed E-state index contributed by atoms with van der Waals surface area (Å²) in [6, 6.07) is -0.633. The molecule has 1 aromatic rings. The van der Waals surface area contributed by atoms with Gasteiger partial charge in [0.05, 0.1) is 6.54 Å². The highest BCUT2D eigenvalue weighted by Gasteiger charge is 2.16. The van der Waals surface area contributed by atoms with Crippen LogP contribution in [0.15, 0.2) is 0 Å². The summed E-state index contributed by atoms with van der Waals surface area (Å²) in [4.78, 5) is 32.7. The first-order valence-corrected chi connectivity index (χ1v) is 7.10. The van der Waals surface area contributed by atoms with Crippen molar-refractivity contribution in [3.05, 3.63) is 22.8 Å². The second-order valence-corrected chi connectivity index (χ2v) is 5.33. The summed E-state index contributed by atoms with van der Waals surface area (Å²) < 4.78 is 0. The van der Waals surface area contributed by atoms with E-state index in [1.165, 1.54) is 19.0 Å². The van der Waals surface area contributed by atoms with E-state index in [-0.39, 0.29) is 19.0 Å². The molecule has 1 aliphatic carbocycles. The number of carbonyl (C=O) groups is 2. The van der Waals surface area contributed by atoms with Gasteiger partial charge in [0.15, 0.2) is 0 Å². The smallest absolute Gasteiger partial charge is 0.314 e. The quantitative estimate of drug-likeness (QED) is 0.832. The third-order valence-electron chi connectivity index (χ3n) is 3.64. The number of amides is 3. The van der Waals surface area contributed by atoms with Gasteiger partial charge in [-0.15, -0.1) is 0 Å². The number of nitrogens with two attached hydrogens (primary N) is 1. The predicted octanol–water partition coefficient (Wildman–Crippen LogP) is 0.291. The van der Waals surface area contributed by atoms with Gasteiger partial charge in [0.25, 0.3) is 0 Å². The van der Waals surface area contributed by atoms with Crippen molar-refractivity contribution in [2.24, 2.45) is 5.73 Å². The Morgan fingerprint density at radius 3 is 2.71 bits per heavy atom. The highest BCUT2D eigenvalue weighted by molar-refractivity contribution is 5.83. The Kier molecular flexibility index (Phi) is 4.72. The van der Waals surface area contributed by atoms with Crippen LogP contribution in [-0.4, -0.2) is 40.4 Å². The summed E-state index contributed by atoms with van der Waals surface area (Å²) in [5, 5.41) is 2.71. The van der Waals surface area contributed by atoms with Gasteiger partial charge in [-0.1, -0.05) is 0 Å². The lowest BCUT2D eigenvalue weighted by Gasteiger charge is -2.18. The summed E-state index contributed by atoms with van der Waals surface area (Å²) in [7, 11) is 1.47. The zero-order valence-electron chi connectivity index (χ0n) is 12.5. The normalized spacial score (nSPS) is 13.4. The second-order valence-electron chi connectivity index (χ2n) is 5.33. The molecule has 1 aliphatic rings. The van der Waals surface area contributed by atoms with Crippen LogP contribution in [0.2, 0.25) is 0 Å². The molecule has 7 nitrogen and oxygen atoms in total. The molecule has 0 unspecified atom stereocenters. The molecule has 0 atom stereocenters. The molecule has 114 valence electrons. The van der Waals surface area contributed by atoms with E-state index in [1.54, 1.807) is 0 Å². The molecule has 0 aliphatic heterocycles. The fraction of sp³-hybridized carbons (Fsp3) is 0.571. The third-order valence-corrected chi connectivity index (χ3v) is 3.64. The number of hydrogen-bond acceptors (Lipinski definition) is 4. The minimum Gasteiger partial charge on any atom is -0.351 e. The van der Waals surface area contributed by atoms with E-state index >= 15 is 0 Å². The first-order chi connectivity index (χ1) is 9.97. The minimum absolute atomic E-state index is 0.0702. The monoisotopic (exact) mass is 291 g/mol. The van der Waals surface area contributed by atoms with Gasteiger partial charge in [-0.3, -0.25) is 4.79 Å². The SMILES string of the molecule is Cc1nc(CNC(=O)CN(C)C(N)=O)nc2c1CCCC2. The highest BCUT2D eigenvalue weighted by Crippen LogP contribution is 2.21. The Bertz CT molecular complexity index is 559. The van der Waals surface area contributed by atoms with Crippen molar-refractivity contribution >= 4 is 11.9 Å². The van der Waals surface area contributed by atoms with Crippen molar-refractivity contribution in [3.63, 3.8) is 0 Å². The summed E-state index contributed by atoms with van der Waals surface area (Å²) in [5.74, 6) is 0.332. The fourth-order valence-corrected chi connectivity index (χ4v) is 2.45. The van der Waals surface area contributed by atoms with Gasteiger partial charge in [-0.2, -0.15) is 0 Å². The molecule has 7 heteroatoms. The Morgan fingerprint density at radius 1 is 1.29 bits per heavy atom. The molecule has 0 saturated heterocycles. The molecular weight excluding hydrogens is 270 g/mol. The summed E-state index contributed by atoms with van der Waals surface area (Å²) in [6.07, 6.45) is 4.35. The van der Waals surface area contributed by atoms with E-state index in [2.05, 4.69) is 15.3 Å². The minimum atomic E-state index is -0.633. The average Bonchev–Trinajstić information content (AvgIpc) is 2.45. The van der Waals surface area contributed by atoms with Gasteiger partial charge in [0, 0.05) is 18.4 Å². The van der Waals surface area contributed by atoms with Gasteiger partial charge in [0.1, 0.15) is 12.4 Å². The molecule has 3 N–H and O–H groups in total. The molecule has 0 fully saturated rings. The number of urea groups is 1. The Hall–Kier alpha value is -2.18. The van der Waals surface area contributed by atoms with E-state index in [4.69, 9.17) is 5.73 Å². The maximum Gasteiger partial charge on any atom is 0.314 e. The second kappa shape index (κ2) is 6.51. The summed E-state index contributed by atoms with van der Waals surface area (Å²) in [5.41, 5.74) is 8.43. The number of fused-ring (bicyclic) bond motifs is 1. The van der Waals surface area contributed by atoms with Crippen molar-refractivity contribution in [1.29, 1.82) is 0 Å². The van der Waals surface area contributed by atoms with Crippen molar-refractivity contribution in [2.45, 2.75) is 39.2 Å². The molecule has 0 radical (unpaired) electrons. The Labute approximate surface area is 123 Å². The number of nitrogens with zero attached hydrogens (tertiary/aromatic N) is 3. The number of aryl methyl sites for hydroxylation is 2. The third kappa shape index (κ3) is 3.90. The Morgan fingerprint density at radius 2 is 2.00 bits per heavy atom. The van der Waals surface area contributed by atoms with Crippen molar-refractivity contribution in [3.8, 4) is 0 Å². The van der Waals surface area contributed by atoms with Crippen LogP contribution in [0.4, 0.5) is 4.79 Å². The number of hydrogen-bond donors (Lipinski definition) is 2. The molecule has 0 spiro atoms. The van der Waals surface area contributed by atoms with Crippen molar-refractivity contribution in [1.82, 2.24) is 20.2 Å². The highest BCUT2D eigenvalue weighted by atomic mass is 16.2. The van der Waals surface area contributed by atoms with E-state index in [0.717, 1.165) is 35.6 Å². The number of rotatable bonds is 4. The van der Waals surface area contributed by atoms with Crippen LogP contribution in [-0.2, 0) is 24.2 Å². The van der Waals surface area contributed by atoms with Gasteiger partial charge >= 0.3 is 6.03 Å². The largest absolute Gasteiger partial charge is 0.351 e. The first-order valence-electron chi connectivity index (χ1n) is 7.10. The molecule has 3 amide bonds. The van der Waals surface area contributed by atoms with Gasteiger partial charge in [-0.05, 0) is 38.2 Å². The summed E-state index contributed by atoms with van der Waals surface area (Å²) >= 11 is 0. The van der Waals surface area contributed by atoms with Gasteiger partial charge in [0.2, 0.25) is 5.91 Å². The number of primary amides is 1. The number of nitrogens with one attached hydrogen (secondary N) is 1. The predicted molar refractivity (Wildman–Crippen MR) is 77.5 cm³/mol. The molecule has 1 aromatic heterocycles. The van der Waals surface area contributed by atoms with E-state index < -0.39 is 6.03 Å². The van der Waals surface area contributed by atoms with Crippen LogP contribution >= 0.6 is 0 Å². The number of carbonyl (C=O) groups excluding carboxylic acids is 2. The zero-order chi connectivity index (χ0) is 15.4. The fourth-order valence-electron chi connectivity index (χ4n) is 2.45. The van der Waals surface area contributed by atoms with E-state index in [0.29, 0.717) is 5.82 Å². The van der Waals surface area contributed by atoms with Crippen LogP contribution in [0, 0.1) is 6.92 Å². The van der Waals surface area contributed by atoms with Crippen LogP contribution in [0.5, 0.6) is 0 Å². The van der Waals surface area contributed by atoms with Crippen LogP contribution in [0.3, 0.4) is 0 Å². The molecule has 21 heavy (non-hydrogen) atoms. The van der Waals surface area contributed by atoms with Crippen LogP contribution in [0.1, 0.15) is 35.6 Å². The number of aromatic nitrogens is 2. The maximum atomic E-state index is 11.7. The molecule has 0 saturated carbocycles. The topological polar surface area (TPSA) is 101 Å². The molecular formula is C14H21N5O2. The first kappa shape index (κ1) is 15.2. The summed E-state index contributed by atoms with van der Waals surface area (Å²) in [6.45, 7) is 2.18. The lowest BCUT2D eigenvalue weighted by Crippen LogP contribution is -2.40. The molecule has 0 aromatic carbocycles. The lowest BCUT2D eigenvalue weighted by molar-refractivity contribution is -0.121. The average molecular weight is 291 g/mol. The maximum absolute atomic E-state index is 11.7. The van der Waals surface area contributed by atoms with Gasteiger partial charge < -0.3 is 16.0 Å². The van der Waals surface area contributed by atoms with Crippen molar-refractivity contribution < 1.29 is 9.59 Å². The number of likely N-dealkylation sites (N-methyl/N-ethyl adjacent to an activating group) is 1. The van der Waals surface area contributed by atoms with Crippen LogP contribution in [0.25, 0.3) is 0 Å². The van der Waals surface area contributed by atoms with Crippen molar-refractivity contribution in [2.75, 3.05) is 13.6 Å². The van der Waals surface area contributed by atoms with Crippen LogP contribution < -0.4 is 11.1 Å². The molecule has 0 bridgehead atoms. The lowest BCUT2D eigenvalue weighted by atomic mass is 9.95.